The van der Waals surface area contributed by atoms with E-state index in [1.165, 1.54) is 37.6 Å². The summed E-state index contributed by atoms with van der Waals surface area (Å²) in [5.41, 5.74) is 0.600. The van der Waals surface area contributed by atoms with Crippen molar-refractivity contribution in [2.45, 2.75) is 25.7 Å². The summed E-state index contributed by atoms with van der Waals surface area (Å²) in [7, 11) is 1.53. The topological polar surface area (TPSA) is 49.8 Å². The van der Waals surface area contributed by atoms with E-state index in [-0.39, 0.29) is 0 Å². The van der Waals surface area contributed by atoms with Gasteiger partial charge in [0.2, 0.25) is 0 Å². The largest absolute Gasteiger partial charge is 0.491 e. The molecule has 0 atom stereocenters. The van der Waals surface area contributed by atoms with Gasteiger partial charge < -0.3 is 9.84 Å². The predicted molar refractivity (Wildman–Crippen MR) is 70.3 cm³/mol. The molecule has 18 heavy (non-hydrogen) atoms. The Labute approximate surface area is 107 Å². The standard InChI is InChI=1S/C14H19NO3/c1-15(14(16)17)12-8-4-5-9-13(12)18-10-11-6-2-3-7-11/h4-5,8-9,11H,2-3,6-7,10H2,1H3,(H,16,17). The van der Waals surface area contributed by atoms with Gasteiger partial charge >= 0.3 is 6.09 Å². The highest BCUT2D eigenvalue weighted by molar-refractivity contribution is 5.87. The van der Waals surface area contributed by atoms with Gasteiger partial charge in [0.25, 0.3) is 0 Å². The fourth-order valence-corrected chi connectivity index (χ4v) is 2.34. The van der Waals surface area contributed by atoms with E-state index in [0.717, 1.165) is 0 Å². The minimum Gasteiger partial charge on any atom is -0.491 e. The molecular formula is C14H19NO3. The Morgan fingerprint density at radius 1 is 1.39 bits per heavy atom. The van der Waals surface area contributed by atoms with Crippen molar-refractivity contribution in [2.24, 2.45) is 5.92 Å². The Hall–Kier alpha value is -1.71. The van der Waals surface area contributed by atoms with Crippen molar-refractivity contribution in [1.29, 1.82) is 0 Å². The number of nitrogens with zero attached hydrogens (tertiary/aromatic N) is 1. The van der Waals surface area contributed by atoms with E-state index in [0.29, 0.717) is 24.0 Å². The first kappa shape index (κ1) is 12.7. The molecule has 4 nitrogen and oxygen atoms in total. The average molecular weight is 249 g/mol. The lowest BCUT2D eigenvalue weighted by atomic mass is 10.1. The van der Waals surface area contributed by atoms with E-state index in [2.05, 4.69) is 0 Å². The minimum atomic E-state index is -0.980. The van der Waals surface area contributed by atoms with E-state index in [4.69, 9.17) is 9.84 Å². The molecule has 0 bridgehead atoms. The van der Waals surface area contributed by atoms with E-state index < -0.39 is 6.09 Å². The number of para-hydroxylation sites is 2. The fourth-order valence-electron chi connectivity index (χ4n) is 2.34. The maximum Gasteiger partial charge on any atom is 0.411 e. The van der Waals surface area contributed by atoms with Crippen LogP contribution in [0.3, 0.4) is 0 Å². The molecule has 0 heterocycles. The van der Waals surface area contributed by atoms with Crippen LogP contribution in [0.5, 0.6) is 5.75 Å². The maximum atomic E-state index is 11.0. The highest BCUT2D eigenvalue weighted by Gasteiger charge is 2.18. The summed E-state index contributed by atoms with van der Waals surface area (Å²) >= 11 is 0. The molecule has 1 aromatic carbocycles. The number of carboxylic acid groups (broad SMARTS) is 1. The predicted octanol–water partition coefficient (Wildman–Crippen LogP) is 3.37. The molecule has 1 saturated carbocycles. The van der Waals surface area contributed by atoms with Crippen LogP contribution in [0.4, 0.5) is 10.5 Å². The maximum absolute atomic E-state index is 11.0. The van der Waals surface area contributed by atoms with Crippen molar-refractivity contribution in [2.75, 3.05) is 18.6 Å². The average Bonchev–Trinajstić information content (AvgIpc) is 2.89. The summed E-state index contributed by atoms with van der Waals surface area (Å²) in [6.45, 7) is 0.685. The number of hydrogen-bond acceptors (Lipinski definition) is 2. The second-order valence-corrected chi connectivity index (χ2v) is 4.77. The third kappa shape index (κ3) is 2.94. The highest BCUT2D eigenvalue weighted by atomic mass is 16.5. The Bertz CT molecular complexity index is 413. The van der Waals surface area contributed by atoms with Crippen molar-refractivity contribution in [1.82, 2.24) is 0 Å². The number of anilines is 1. The lowest BCUT2D eigenvalue weighted by Crippen LogP contribution is -2.24. The Morgan fingerprint density at radius 2 is 2.06 bits per heavy atom. The number of hydrogen-bond donors (Lipinski definition) is 1. The van der Waals surface area contributed by atoms with Crippen molar-refractivity contribution < 1.29 is 14.6 Å². The summed E-state index contributed by atoms with van der Waals surface area (Å²) in [4.78, 5) is 12.2. The van der Waals surface area contributed by atoms with Gasteiger partial charge in [0.1, 0.15) is 5.75 Å². The molecule has 1 fully saturated rings. The Morgan fingerprint density at radius 3 is 2.72 bits per heavy atom. The van der Waals surface area contributed by atoms with Crippen molar-refractivity contribution >= 4 is 11.8 Å². The molecule has 2 rings (SSSR count). The van der Waals surface area contributed by atoms with Gasteiger partial charge in [-0.3, -0.25) is 4.90 Å². The van der Waals surface area contributed by atoms with Gasteiger partial charge in [-0.1, -0.05) is 25.0 Å². The van der Waals surface area contributed by atoms with Crippen molar-refractivity contribution in [3.63, 3.8) is 0 Å². The van der Waals surface area contributed by atoms with Crippen LogP contribution in [0.25, 0.3) is 0 Å². The van der Waals surface area contributed by atoms with Crippen LogP contribution in [0, 0.1) is 5.92 Å². The third-order valence-corrected chi connectivity index (χ3v) is 3.46. The Balaban J connectivity index is 2.04. The number of benzene rings is 1. The molecule has 1 aliphatic rings. The smallest absolute Gasteiger partial charge is 0.411 e. The van der Waals surface area contributed by atoms with Crippen LogP contribution >= 0.6 is 0 Å². The monoisotopic (exact) mass is 249 g/mol. The van der Waals surface area contributed by atoms with Crippen LogP contribution in [-0.4, -0.2) is 24.9 Å². The van der Waals surface area contributed by atoms with Crippen LogP contribution < -0.4 is 9.64 Å². The molecule has 0 saturated heterocycles. The minimum absolute atomic E-state index is 0.600. The molecule has 98 valence electrons. The summed E-state index contributed by atoms with van der Waals surface area (Å²) in [6, 6.07) is 7.27. The van der Waals surface area contributed by atoms with Gasteiger partial charge in [-0.2, -0.15) is 0 Å². The first-order valence-electron chi connectivity index (χ1n) is 6.37. The first-order valence-corrected chi connectivity index (χ1v) is 6.37. The quantitative estimate of drug-likeness (QED) is 0.890. The van der Waals surface area contributed by atoms with Gasteiger partial charge in [0, 0.05) is 7.05 Å². The molecule has 1 aromatic rings. The molecule has 0 unspecified atom stereocenters. The number of ether oxygens (including phenoxy) is 1. The molecule has 4 heteroatoms. The van der Waals surface area contributed by atoms with E-state index in [1.807, 2.05) is 18.2 Å². The van der Waals surface area contributed by atoms with Crippen molar-refractivity contribution in [3.8, 4) is 5.75 Å². The van der Waals surface area contributed by atoms with Crippen molar-refractivity contribution in [3.05, 3.63) is 24.3 Å². The first-order chi connectivity index (χ1) is 8.68. The summed E-state index contributed by atoms with van der Waals surface area (Å²) < 4.78 is 5.79. The van der Waals surface area contributed by atoms with Gasteiger partial charge in [0.05, 0.1) is 12.3 Å². The van der Waals surface area contributed by atoms with Crippen LogP contribution in [0.2, 0.25) is 0 Å². The lowest BCUT2D eigenvalue weighted by molar-refractivity contribution is 0.202. The van der Waals surface area contributed by atoms with E-state index >= 15 is 0 Å². The molecule has 0 aliphatic heterocycles. The molecule has 0 radical (unpaired) electrons. The summed E-state index contributed by atoms with van der Waals surface area (Å²) in [5.74, 6) is 1.27. The lowest BCUT2D eigenvalue weighted by Gasteiger charge is -2.19. The zero-order valence-electron chi connectivity index (χ0n) is 10.6. The number of carbonyl (C=O) groups is 1. The molecule has 1 amide bonds. The third-order valence-electron chi connectivity index (χ3n) is 3.46. The molecular weight excluding hydrogens is 230 g/mol. The SMILES string of the molecule is CN(C(=O)O)c1ccccc1OCC1CCCC1. The number of amides is 1. The zero-order chi connectivity index (χ0) is 13.0. The molecule has 0 aromatic heterocycles. The normalized spacial score (nSPS) is 15.6. The van der Waals surface area contributed by atoms with Gasteiger partial charge in [-0.15, -0.1) is 0 Å². The summed E-state index contributed by atoms with van der Waals surface area (Å²) in [6.07, 6.45) is 4.02. The van der Waals surface area contributed by atoms with Gasteiger partial charge in [-0.25, -0.2) is 4.79 Å². The fraction of sp³-hybridized carbons (Fsp3) is 0.500. The van der Waals surface area contributed by atoms with Crippen LogP contribution in [0.1, 0.15) is 25.7 Å². The Kier molecular flexibility index (Phi) is 4.07. The number of rotatable bonds is 4. The summed E-state index contributed by atoms with van der Waals surface area (Å²) in [5, 5.41) is 9.01. The second-order valence-electron chi connectivity index (χ2n) is 4.77. The zero-order valence-corrected chi connectivity index (χ0v) is 10.6. The van der Waals surface area contributed by atoms with E-state index in [9.17, 15) is 4.79 Å². The van der Waals surface area contributed by atoms with E-state index in [1.54, 1.807) is 6.07 Å². The van der Waals surface area contributed by atoms with Gasteiger partial charge in [0.15, 0.2) is 0 Å². The highest BCUT2D eigenvalue weighted by Crippen LogP contribution is 2.30. The van der Waals surface area contributed by atoms with Gasteiger partial charge in [-0.05, 0) is 30.9 Å². The molecule has 1 aliphatic carbocycles. The molecule has 0 spiro atoms. The van der Waals surface area contributed by atoms with Crippen LogP contribution in [-0.2, 0) is 0 Å². The van der Waals surface area contributed by atoms with Crippen LogP contribution in [0.15, 0.2) is 24.3 Å². The second kappa shape index (κ2) is 5.76. The molecule has 1 N–H and O–H groups in total.